The second kappa shape index (κ2) is 8.93. The Kier molecular flexibility index (Phi) is 6.83. The van der Waals surface area contributed by atoms with Gasteiger partial charge in [-0.1, -0.05) is 60.7 Å². The monoisotopic (exact) mass is 406 g/mol. The standard InChI is InChI=1S/C21H27O4PS/c1-3-24-26(23,25-4-2)21(22)15-19(17-11-7-5-8-12-17)27-20(16-21)18-13-9-6-10-14-18/h5-14,19-20,22H,3-4,15-16H2,1-2H3. The predicted molar refractivity (Wildman–Crippen MR) is 111 cm³/mol. The molecule has 1 N–H and O–H groups in total. The average molecular weight is 406 g/mol. The second-order valence-corrected chi connectivity index (χ2v) is 10.4. The van der Waals surface area contributed by atoms with Crippen molar-refractivity contribution in [3.05, 3.63) is 71.8 Å². The van der Waals surface area contributed by atoms with E-state index in [0.717, 1.165) is 11.1 Å². The van der Waals surface area contributed by atoms with Crippen LogP contribution in [0.4, 0.5) is 0 Å². The highest BCUT2D eigenvalue weighted by molar-refractivity contribution is 7.99. The zero-order valence-electron chi connectivity index (χ0n) is 15.8. The number of hydrogen-bond donors (Lipinski definition) is 1. The molecule has 4 nitrogen and oxygen atoms in total. The van der Waals surface area contributed by atoms with E-state index in [1.807, 2.05) is 36.4 Å². The van der Waals surface area contributed by atoms with E-state index in [0.29, 0.717) is 12.8 Å². The quantitative estimate of drug-likeness (QED) is 0.576. The van der Waals surface area contributed by atoms with Crippen molar-refractivity contribution in [3.8, 4) is 0 Å². The number of benzene rings is 2. The van der Waals surface area contributed by atoms with Gasteiger partial charge in [0, 0.05) is 23.3 Å². The van der Waals surface area contributed by atoms with Gasteiger partial charge in [-0.3, -0.25) is 4.57 Å². The minimum Gasteiger partial charge on any atom is -0.377 e. The molecule has 0 spiro atoms. The molecule has 1 aliphatic rings. The van der Waals surface area contributed by atoms with Gasteiger partial charge in [0.05, 0.1) is 13.2 Å². The zero-order chi connectivity index (χ0) is 19.3. The summed E-state index contributed by atoms with van der Waals surface area (Å²) in [5.74, 6) is 0. The van der Waals surface area contributed by atoms with Gasteiger partial charge in [0.25, 0.3) is 0 Å². The van der Waals surface area contributed by atoms with Crippen molar-refractivity contribution in [2.75, 3.05) is 13.2 Å². The minimum absolute atomic E-state index is 0.00407. The Bertz CT molecular complexity index is 711. The molecule has 0 aliphatic carbocycles. The van der Waals surface area contributed by atoms with Crippen molar-refractivity contribution in [1.29, 1.82) is 0 Å². The Morgan fingerprint density at radius 2 is 1.33 bits per heavy atom. The van der Waals surface area contributed by atoms with Gasteiger partial charge in [-0.05, 0) is 25.0 Å². The summed E-state index contributed by atoms with van der Waals surface area (Å²) in [4.78, 5) is 0. The summed E-state index contributed by atoms with van der Waals surface area (Å²) in [7, 11) is -3.68. The lowest BCUT2D eigenvalue weighted by Gasteiger charge is -2.43. The molecule has 0 aromatic heterocycles. The van der Waals surface area contributed by atoms with Crippen LogP contribution in [0.5, 0.6) is 0 Å². The van der Waals surface area contributed by atoms with Crippen LogP contribution in [0.2, 0.25) is 0 Å². The number of aliphatic hydroxyl groups is 1. The van der Waals surface area contributed by atoms with E-state index >= 15 is 0 Å². The van der Waals surface area contributed by atoms with Gasteiger partial charge < -0.3 is 14.2 Å². The summed E-state index contributed by atoms with van der Waals surface area (Å²) in [5, 5.41) is 10.1. The molecule has 0 saturated carbocycles. The number of rotatable bonds is 7. The molecule has 2 atom stereocenters. The molecule has 2 aromatic rings. The molecule has 1 saturated heterocycles. The van der Waals surface area contributed by atoms with Crippen molar-refractivity contribution < 1.29 is 18.7 Å². The van der Waals surface area contributed by atoms with E-state index < -0.39 is 12.9 Å². The molecule has 1 heterocycles. The zero-order valence-corrected chi connectivity index (χ0v) is 17.5. The van der Waals surface area contributed by atoms with Crippen LogP contribution >= 0.6 is 19.4 Å². The SMILES string of the molecule is CCOP(=O)(OCC)C1(O)CC(c2ccccc2)SC(c2ccccc2)C1. The molecular weight excluding hydrogens is 379 g/mol. The molecule has 0 bridgehead atoms. The van der Waals surface area contributed by atoms with Gasteiger partial charge in [-0.15, -0.1) is 11.8 Å². The summed E-state index contributed by atoms with van der Waals surface area (Å²) >= 11 is 1.80. The molecule has 6 heteroatoms. The maximum Gasteiger partial charge on any atom is 0.361 e. The maximum absolute atomic E-state index is 13.5. The molecule has 1 aliphatic heterocycles. The third-order valence-corrected chi connectivity index (χ3v) is 8.92. The van der Waals surface area contributed by atoms with Crippen LogP contribution in [0, 0.1) is 0 Å². The van der Waals surface area contributed by atoms with Crippen molar-refractivity contribution in [2.24, 2.45) is 0 Å². The average Bonchev–Trinajstić information content (AvgIpc) is 2.69. The van der Waals surface area contributed by atoms with Crippen molar-refractivity contribution >= 4 is 19.4 Å². The lowest BCUT2D eigenvalue weighted by Crippen LogP contribution is -2.37. The molecule has 2 unspecified atom stereocenters. The van der Waals surface area contributed by atoms with E-state index in [1.165, 1.54) is 0 Å². The van der Waals surface area contributed by atoms with Crippen molar-refractivity contribution in [1.82, 2.24) is 0 Å². The largest absolute Gasteiger partial charge is 0.377 e. The number of thioether (sulfide) groups is 1. The Morgan fingerprint density at radius 1 is 0.926 bits per heavy atom. The number of hydrogen-bond acceptors (Lipinski definition) is 5. The van der Waals surface area contributed by atoms with Gasteiger partial charge in [-0.2, -0.15) is 0 Å². The molecule has 0 radical (unpaired) electrons. The van der Waals surface area contributed by atoms with Gasteiger partial charge >= 0.3 is 7.60 Å². The molecule has 0 amide bonds. The molecular formula is C21H27O4PS. The molecule has 27 heavy (non-hydrogen) atoms. The summed E-state index contributed by atoms with van der Waals surface area (Å²) < 4.78 is 24.6. The summed E-state index contributed by atoms with van der Waals surface area (Å²) in [6, 6.07) is 20.1. The lowest BCUT2D eigenvalue weighted by atomic mass is 9.98. The van der Waals surface area contributed by atoms with Crippen LogP contribution in [0.1, 0.15) is 48.3 Å². The van der Waals surface area contributed by atoms with Crippen LogP contribution < -0.4 is 0 Å². The predicted octanol–water partition coefficient (Wildman–Crippen LogP) is 5.95. The Labute approximate surface area is 165 Å². The van der Waals surface area contributed by atoms with Gasteiger partial charge in [0.2, 0.25) is 0 Å². The topological polar surface area (TPSA) is 55.8 Å². The minimum atomic E-state index is -3.68. The Balaban J connectivity index is 2.00. The Morgan fingerprint density at radius 3 is 1.70 bits per heavy atom. The third-order valence-electron chi connectivity index (χ3n) is 4.80. The first-order valence-electron chi connectivity index (χ1n) is 9.38. The first-order valence-corrected chi connectivity index (χ1v) is 11.9. The molecule has 2 aromatic carbocycles. The fraction of sp³-hybridized carbons (Fsp3) is 0.429. The van der Waals surface area contributed by atoms with Gasteiger partial charge in [0.15, 0.2) is 5.34 Å². The highest BCUT2D eigenvalue weighted by Gasteiger charge is 2.55. The van der Waals surface area contributed by atoms with Crippen LogP contribution in [-0.2, 0) is 13.6 Å². The van der Waals surface area contributed by atoms with E-state index in [1.54, 1.807) is 25.6 Å². The Hall–Kier alpha value is -1.10. The van der Waals surface area contributed by atoms with E-state index in [9.17, 15) is 9.67 Å². The molecule has 146 valence electrons. The van der Waals surface area contributed by atoms with E-state index in [2.05, 4.69) is 24.3 Å². The molecule has 1 fully saturated rings. The fourth-order valence-electron chi connectivity index (χ4n) is 3.54. The summed E-state index contributed by atoms with van der Waals surface area (Å²) in [6.07, 6.45) is 0.671. The van der Waals surface area contributed by atoms with Gasteiger partial charge in [0.1, 0.15) is 0 Å². The summed E-state index contributed by atoms with van der Waals surface area (Å²) in [5.41, 5.74) is 2.22. The summed E-state index contributed by atoms with van der Waals surface area (Å²) in [6.45, 7) is 4.02. The lowest BCUT2D eigenvalue weighted by molar-refractivity contribution is 0.0490. The first-order chi connectivity index (χ1) is 13.0. The first kappa shape index (κ1) is 20.6. The molecule has 3 rings (SSSR count). The fourth-order valence-corrected chi connectivity index (χ4v) is 7.60. The van der Waals surface area contributed by atoms with Crippen LogP contribution in [0.15, 0.2) is 60.7 Å². The highest BCUT2D eigenvalue weighted by atomic mass is 32.2. The van der Waals surface area contributed by atoms with Crippen molar-refractivity contribution in [2.45, 2.75) is 42.5 Å². The smallest absolute Gasteiger partial charge is 0.361 e. The van der Waals surface area contributed by atoms with Crippen LogP contribution in [0.25, 0.3) is 0 Å². The highest BCUT2D eigenvalue weighted by Crippen LogP contribution is 2.69. The normalized spacial score (nSPS) is 26.0. The van der Waals surface area contributed by atoms with Crippen LogP contribution in [0.3, 0.4) is 0 Å². The van der Waals surface area contributed by atoms with Crippen LogP contribution in [-0.4, -0.2) is 23.7 Å². The van der Waals surface area contributed by atoms with Gasteiger partial charge in [-0.25, -0.2) is 0 Å². The third kappa shape index (κ3) is 4.49. The van der Waals surface area contributed by atoms with E-state index in [-0.39, 0.29) is 23.7 Å². The van der Waals surface area contributed by atoms with Crippen molar-refractivity contribution in [3.63, 3.8) is 0 Å². The maximum atomic E-state index is 13.5. The van der Waals surface area contributed by atoms with E-state index in [4.69, 9.17) is 9.05 Å². The second-order valence-electron chi connectivity index (χ2n) is 6.66.